The first-order valence-electron chi connectivity index (χ1n) is 8.00. The molecule has 0 aromatic heterocycles. The average Bonchev–Trinajstić information content (AvgIpc) is 2.30. The molecule has 2 fully saturated rings. The molecule has 0 aliphatic heterocycles. The fourth-order valence-corrected chi connectivity index (χ4v) is 4.34. The Hall–Kier alpha value is 0. The third-order valence-corrected chi connectivity index (χ3v) is 6.14. The molecule has 2 rings (SSSR count). The second-order valence-electron chi connectivity index (χ2n) is 7.73. The quantitative estimate of drug-likeness (QED) is 0.541. The molecule has 0 N–H and O–H groups in total. The summed E-state index contributed by atoms with van der Waals surface area (Å²) in [6.45, 7) is 10.0. The van der Waals surface area contributed by atoms with Crippen molar-refractivity contribution >= 4 is 0 Å². The highest BCUT2D eigenvalue weighted by molar-refractivity contribution is 4.89. The normalized spacial score (nSPS) is 38.0. The summed E-state index contributed by atoms with van der Waals surface area (Å²) in [4.78, 5) is 0. The van der Waals surface area contributed by atoms with Crippen LogP contribution in [0.5, 0.6) is 0 Å². The zero-order valence-electron chi connectivity index (χ0n) is 12.5. The van der Waals surface area contributed by atoms with E-state index in [-0.39, 0.29) is 7.43 Å². The first-order valence-corrected chi connectivity index (χ1v) is 8.00. The molecule has 0 atom stereocenters. The predicted molar refractivity (Wildman–Crippen MR) is 82.8 cm³/mol. The van der Waals surface area contributed by atoms with Crippen LogP contribution in [0.4, 0.5) is 0 Å². The number of rotatable bonds is 2. The first-order chi connectivity index (χ1) is 8.00. The van der Waals surface area contributed by atoms with Gasteiger partial charge in [0.1, 0.15) is 0 Å². The van der Waals surface area contributed by atoms with Gasteiger partial charge in [0, 0.05) is 0 Å². The molecule has 2 aliphatic rings. The monoisotopic (exact) mass is 252 g/mol. The maximum atomic E-state index is 2.58. The van der Waals surface area contributed by atoms with E-state index in [1.165, 1.54) is 51.4 Å². The Labute approximate surface area is 116 Å². The Morgan fingerprint density at radius 3 is 1.17 bits per heavy atom. The molecule has 108 valence electrons. The highest BCUT2D eigenvalue weighted by Crippen LogP contribution is 2.49. The minimum Gasteiger partial charge on any atom is -0.0776 e. The smallest absolute Gasteiger partial charge is 0.0298 e. The minimum atomic E-state index is 0. The van der Waals surface area contributed by atoms with Crippen LogP contribution in [0.3, 0.4) is 0 Å². The molecule has 2 saturated carbocycles. The fraction of sp³-hybridized carbons (Fsp3) is 1.00. The maximum absolute atomic E-state index is 2.58. The molecule has 0 amide bonds. The highest BCUT2D eigenvalue weighted by atomic mass is 14.4. The van der Waals surface area contributed by atoms with Gasteiger partial charge in [-0.3, -0.25) is 0 Å². The molecule has 0 saturated heterocycles. The van der Waals surface area contributed by atoms with E-state index in [4.69, 9.17) is 0 Å². The fourth-order valence-electron chi connectivity index (χ4n) is 4.34. The standard InChI is InChI=1S/C17H32.CH4/c1-13-5-9-15(10-6-13)17(3,4)16-11-7-14(2)8-12-16;/h13-16H,5-12H2,1-4H3;1H4. The minimum absolute atomic E-state index is 0. The Morgan fingerprint density at radius 1 is 0.611 bits per heavy atom. The van der Waals surface area contributed by atoms with E-state index in [0.29, 0.717) is 5.41 Å². The lowest BCUT2D eigenvalue weighted by Gasteiger charge is -2.46. The summed E-state index contributed by atoms with van der Waals surface area (Å²) in [6.07, 6.45) is 11.9. The van der Waals surface area contributed by atoms with E-state index in [9.17, 15) is 0 Å². The van der Waals surface area contributed by atoms with E-state index in [2.05, 4.69) is 27.7 Å². The molecule has 0 heteroatoms. The van der Waals surface area contributed by atoms with Crippen molar-refractivity contribution < 1.29 is 0 Å². The summed E-state index contributed by atoms with van der Waals surface area (Å²) < 4.78 is 0. The van der Waals surface area contributed by atoms with Crippen molar-refractivity contribution in [1.29, 1.82) is 0 Å². The molecule has 0 nitrogen and oxygen atoms in total. The van der Waals surface area contributed by atoms with Crippen LogP contribution >= 0.6 is 0 Å². The van der Waals surface area contributed by atoms with Crippen LogP contribution < -0.4 is 0 Å². The lowest BCUT2D eigenvalue weighted by molar-refractivity contribution is 0.0421. The highest BCUT2D eigenvalue weighted by Gasteiger charge is 2.39. The van der Waals surface area contributed by atoms with Crippen LogP contribution in [0.1, 0.15) is 86.5 Å². The summed E-state index contributed by atoms with van der Waals surface area (Å²) >= 11 is 0. The Morgan fingerprint density at radius 2 is 0.889 bits per heavy atom. The van der Waals surface area contributed by atoms with Crippen molar-refractivity contribution in [3.8, 4) is 0 Å². The summed E-state index contributed by atoms with van der Waals surface area (Å²) in [6, 6.07) is 0. The van der Waals surface area contributed by atoms with Crippen LogP contribution in [0.2, 0.25) is 0 Å². The predicted octanol–water partition coefficient (Wildman–Crippen LogP) is 6.30. The maximum Gasteiger partial charge on any atom is -0.0298 e. The summed E-state index contributed by atoms with van der Waals surface area (Å²) in [5, 5.41) is 0. The van der Waals surface area contributed by atoms with Gasteiger partial charge >= 0.3 is 0 Å². The van der Waals surface area contributed by atoms with Crippen molar-refractivity contribution in [3.63, 3.8) is 0 Å². The van der Waals surface area contributed by atoms with Crippen molar-refractivity contribution in [2.24, 2.45) is 29.1 Å². The van der Waals surface area contributed by atoms with Gasteiger partial charge in [0.05, 0.1) is 0 Å². The third-order valence-electron chi connectivity index (χ3n) is 6.14. The lowest BCUT2D eigenvalue weighted by Crippen LogP contribution is -2.36. The van der Waals surface area contributed by atoms with Crippen molar-refractivity contribution in [2.45, 2.75) is 86.5 Å². The molecule has 0 unspecified atom stereocenters. The van der Waals surface area contributed by atoms with Gasteiger partial charge < -0.3 is 0 Å². The van der Waals surface area contributed by atoms with E-state index in [1.54, 1.807) is 0 Å². The molecule has 2 aliphatic carbocycles. The van der Waals surface area contributed by atoms with Crippen LogP contribution in [-0.4, -0.2) is 0 Å². The zero-order chi connectivity index (χ0) is 12.5. The van der Waals surface area contributed by atoms with Crippen LogP contribution in [0.15, 0.2) is 0 Å². The summed E-state index contributed by atoms with van der Waals surface area (Å²) in [5.74, 6) is 4.01. The second-order valence-corrected chi connectivity index (χ2v) is 7.73. The van der Waals surface area contributed by atoms with Gasteiger partial charge in [-0.05, 0) is 54.8 Å². The molecule has 0 spiro atoms. The molecule has 0 aromatic carbocycles. The Balaban J connectivity index is 0.00000162. The molecule has 18 heavy (non-hydrogen) atoms. The lowest BCUT2D eigenvalue weighted by atomic mass is 9.59. The molecule has 0 heterocycles. The van der Waals surface area contributed by atoms with Crippen molar-refractivity contribution in [2.75, 3.05) is 0 Å². The third kappa shape index (κ3) is 3.52. The molecular formula is C18H36. The van der Waals surface area contributed by atoms with Gasteiger partial charge in [0.15, 0.2) is 0 Å². The van der Waals surface area contributed by atoms with Crippen LogP contribution in [0.25, 0.3) is 0 Å². The van der Waals surface area contributed by atoms with Gasteiger partial charge in [-0.15, -0.1) is 0 Å². The topological polar surface area (TPSA) is 0 Å². The molecule has 0 radical (unpaired) electrons. The summed E-state index contributed by atoms with van der Waals surface area (Å²) in [5.41, 5.74) is 0.611. The van der Waals surface area contributed by atoms with Gasteiger partial charge in [-0.25, -0.2) is 0 Å². The van der Waals surface area contributed by atoms with E-state index < -0.39 is 0 Å². The Kier molecular flexibility index (Phi) is 5.74. The molecule has 0 bridgehead atoms. The van der Waals surface area contributed by atoms with Gasteiger partial charge in [-0.1, -0.05) is 60.8 Å². The van der Waals surface area contributed by atoms with E-state index in [0.717, 1.165) is 23.7 Å². The second kappa shape index (κ2) is 6.44. The van der Waals surface area contributed by atoms with Crippen LogP contribution in [0, 0.1) is 29.1 Å². The van der Waals surface area contributed by atoms with Gasteiger partial charge in [0.2, 0.25) is 0 Å². The van der Waals surface area contributed by atoms with E-state index in [1.807, 2.05) is 0 Å². The molecule has 0 aromatic rings. The largest absolute Gasteiger partial charge is 0.0776 e. The average molecular weight is 252 g/mol. The number of hydrogen-bond acceptors (Lipinski definition) is 0. The van der Waals surface area contributed by atoms with E-state index >= 15 is 0 Å². The van der Waals surface area contributed by atoms with Crippen molar-refractivity contribution in [3.05, 3.63) is 0 Å². The molecular weight excluding hydrogens is 216 g/mol. The van der Waals surface area contributed by atoms with Gasteiger partial charge in [0.25, 0.3) is 0 Å². The first kappa shape index (κ1) is 16.1. The van der Waals surface area contributed by atoms with Crippen LogP contribution in [-0.2, 0) is 0 Å². The Bertz CT molecular complexity index is 200. The van der Waals surface area contributed by atoms with Crippen molar-refractivity contribution in [1.82, 2.24) is 0 Å². The van der Waals surface area contributed by atoms with Gasteiger partial charge in [-0.2, -0.15) is 0 Å². The summed E-state index contributed by atoms with van der Waals surface area (Å²) in [7, 11) is 0. The SMILES string of the molecule is C.CC1CCC(C(C)(C)C2CCC(C)CC2)CC1. The number of hydrogen-bond donors (Lipinski definition) is 0. The zero-order valence-corrected chi connectivity index (χ0v) is 12.5.